The van der Waals surface area contributed by atoms with Gasteiger partial charge >= 0.3 is 0 Å². The Labute approximate surface area is 124 Å². The van der Waals surface area contributed by atoms with E-state index in [1.807, 2.05) is 33.8 Å². The van der Waals surface area contributed by atoms with Gasteiger partial charge in [0.25, 0.3) is 0 Å². The van der Waals surface area contributed by atoms with Crippen molar-refractivity contribution >= 4 is 17.3 Å². The molecule has 0 amide bonds. The molecule has 0 saturated heterocycles. The van der Waals surface area contributed by atoms with Gasteiger partial charge in [-0.15, -0.1) is 0 Å². The minimum atomic E-state index is -0.258. The molecule has 21 heavy (non-hydrogen) atoms. The van der Waals surface area contributed by atoms with E-state index in [9.17, 15) is 4.39 Å². The van der Waals surface area contributed by atoms with Crippen LogP contribution < -0.4 is 10.6 Å². The standard InChI is InChI=1S/C16H21FN4/c1-5-14-20-15(18-6-2)11(4)16(21-14)19-13-8-10(3)7-12(17)9-13/h7-9H,5-6H2,1-4H3,(H2,18,19,20,21). The van der Waals surface area contributed by atoms with Gasteiger partial charge in [0.1, 0.15) is 23.3 Å². The SMILES string of the molecule is CCNc1nc(CC)nc(Nc2cc(C)cc(F)c2)c1C. The first-order valence-corrected chi connectivity index (χ1v) is 7.19. The molecule has 2 aromatic rings. The molecular weight excluding hydrogens is 267 g/mol. The molecule has 0 spiro atoms. The third kappa shape index (κ3) is 3.68. The normalized spacial score (nSPS) is 10.5. The Morgan fingerprint density at radius 3 is 2.38 bits per heavy atom. The first kappa shape index (κ1) is 15.2. The molecule has 2 rings (SSSR count). The minimum absolute atomic E-state index is 0.258. The molecule has 1 aromatic heterocycles. The molecule has 0 aliphatic heterocycles. The summed E-state index contributed by atoms with van der Waals surface area (Å²) in [7, 11) is 0. The summed E-state index contributed by atoms with van der Waals surface area (Å²) in [4.78, 5) is 8.99. The monoisotopic (exact) mass is 288 g/mol. The first-order chi connectivity index (χ1) is 10.0. The van der Waals surface area contributed by atoms with Crippen LogP contribution in [0.1, 0.15) is 30.8 Å². The number of halogens is 1. The van der Waals surface area contributed by atoms with Crippen molar-refractivity contribution in [3.05, 3.63) is 41.0 Å². The summed E-state index contributed by atoms with van der Waals surface area (Å²) >= 11 is 0. The highest BCUT2D eigenvalue weighted by Crippen LogP contribution is 2.24. The summed E-state index contributed by atoms with van der Waals surface area (Å²) in [5.41, 5.74) is 2.49. The molecule has 0 aliphatic carbocycles. The topological polar surface area (TPSA) is 49.8 Å². The first-order valence-electron chi connectivity index (χ1n) is 7.19. The number of benzene rings is 1. The van der Waals surface area contributed by atoms with Crippen LogP contribution in [0, 0.1) is 19.7 Å². The zero-order chi connectivity index (χ0) is 15.4. The van der Waals surface area contributed by atoms with Gasteiger partial charge in [0.2, 0.25) is 0 Å². The average Bonchev–Trinajstić information content (AvgIpc) is 2.42. The minimum Gasteiger partial charge on any atom is -0.370 e. The number of nitrogens with zero attached hydrogens (tertiary/aromatic N) is 2. The molecule has 0 bridgehead atoms. The second-order valence-electron chi connectivity index (χ2n) is 4.99. The van der Waals surface area contributed by atoms with E-state index in [1.54, 1.807) is 0 Å². The molecule has 5 heteroatoms. The van der Waals surface area contributed by atoms with Crippen molar-refractivity contribution < 1.29 is 4.39 Å². The highest BCUT2D eigenvalue weighted by Gasteiger charge is 2.10. The Kier molecular flexibility index (Phi) is 4.73. The molecule has 0 atom stereocenters. The van der Waals surface area contributed by atoms with Crippen molar-refractivity contribution in [1.82, 2.24) is 9.97 Å². The fourth-order valence-corrected chi connectivity index (χ4v) is 2.13. The van der Waals surface area contributed by atoms with Gasteiger partial charge in [-0.05, 0) is 44.5 Å². The predicted molar refractivity (Wildman–Crippen MR) is 84.7 cm³/mol. The number of hydrogen-bond donors (Lipinski definition) is 2. The number of anilines is 3. The summed E-state index contributed by atoms with van der Waals surface area (Å²) in [6, 6.07) is 4.86. The highest BCUT2D eigenvalue weighted by atomic mass is 19.1. The van der Waals surface area contributed by atoms with Crippen molar-refractivity contribution in [2.24, 2.45) is 0 Å². The molecule has 0 radical (unpaired) electrons. The average molecular weight is 288 g/mol. The molecule has 0 saturated carbocycles. The molecule has 1 heterocycles. The fourth-order valence-electron chi connectivity index (χ4n) is 2.13. The van der Waals surface area contributed by atoms with Crippen LogP contribution in [0.25, 0.3) is 0 Å². The van der Waals surface area contributed by atoms with Gasteiger partial charge in [-0.25, -0.2) is 14.4 Å². The Morgan fingerprint density at radius 2 is 1.76 bits per heavy atom. The molecule has 112 valence electrons. The van der Waals surface area contributed by atoms with E-state index in [0.29, 0.717) is 11.5 Å². The molecule has 0 aliphatic rings. The van der Waals surface area contributed by atoms with E-state index in [-0.39, 0.29) is 5.82 Å². The number of aromatic nitrogens is 2. The molecule has 0 unspecified atom stereocenters. The van der Waals surface area contributed by atoms with E-state index < -0.39 is 0 Å². The smallest absolute Gasteiger partial charge is 0.139 e. The van der Waals surface area contributed by atoms with Gasteiger partial charge in [0.15, 0.2) is 0 Å². The Balaban J connectivity index is 2.40. The van der Waals surface area contributed by atoms with Crippen molar-refractivity contribution in [3.8, 4) is 0 Å². The lowest BCUT2D eigenvalue weighted by atomic mass is 10.2. The zero-order valence-corrected chi connectivity index (χ0v) is 12.9. The van der Waals surface area contributed by atoms with E-state index in [4.69, 9.17) is 0 Å². The maximum atomic E-state index is 13.5. The van der Waals surface area contributed by atoms with Crippen molar-refractivity contribution in [2.75, 3.05) is 17.2 Å². The van der Waals surface area contributed by atoms with E-state index in [2.05, 4.69) is 20.6 Å². The Morgan fingerprint density at radius 1 is 1.05 bits per heavy atom. The van der Waals surface area contributed by atoms with Gasteiger partial charge in [0.05, 0.1) is 0 Å². The lowest BCUT2D eigenvalue weighted by molar-refractivity contribution is 0.627. The fraction of sp³-hybridized carbons (Fsp3) is 0.375. The van der Waals surface area contributed by atoms with E-state index >= 15 is 0 Å². The van der Waals surface area contributed by atoms with Crippen LogP contribution >= 0.6 is 0 Å². The Bertz CT molecular complexity index is 620. The van der Waals surface area contributed by atoms with E-state index in [0.717, 1.165) is 35.7 Å². The largest absolute Gasteiger partial charge is 0.370 e. The maximum Gasteiger partial charge on any atom is 0.139 e. The number of aryl methyl sites for hydroxylation is 2. The zero-order valence-electron chi connectivity index (χ0n) is 12.9. The van der Waals surface area contributed by atoms with Crippen LogP contribution in [0.5, 0.6) is 0 Å². The van der Waals surface area contributed by atoms with Crippen LogP contribution in [0.4, 0.5) is 21.7 Å². The van der Waals surface area contributed by atoms with Crippen LogP contribution in [-0.2, 0) is 6.42 Å². The van der Waals surface area contributed by atoms with Gasteiger partial charge < -0.3 is 10.6 Å². The summed E-state index contributed by atoms with van der Waals surface area (Å²) in [6.45, 7) is 8.64. The third-order valence-corrected chi connectivity index (χ3v) is 3.16. The molecule has 4 nitrogen and oxygen atoms in total. The predicted octanol–water partition coefficient (Wildman–Crippen LogP) is 3.97. The third-order valence-electron chi connectivity index (χ3n) is 3.16. The number of hydrogen-bond acceptors (Lipinski definition) is 4. The molecule has 1 aromatic carbocycles. The van der Waals surface area contributed by atoms with Gasteiger partial charge in [-0.3, -0.25) is 0 Å². The maximum absolute atomic E-state index is 13.5. The van der Waals surface area contributed by atoms with Gasteiger partial charge in [0, 0.05) is 24.2 Å². The number of rotatable bonds is 5. The summed E-state index contributed by atoms with van der Waals surface area (Å²) in [5.74, 6) is 2.03. The molecule has 2 N–H and O–H groups in total. The number of nitrogens with one attached hydrogen (secondary N) is 2. The van der Waals surface area contributed by atoms with E-state index in [1.165, 1.54) is 12.1 Å². The van der Waals surface area contributed by atoms with Crippen LogP contribution in [0.15, 0.2) is 18.2 Å². The molecule has 0 fully saturated rings. The quantitative estimate of drug-likeness (QED) is 0.874. The van der Waals surface area contributed by atoms with Crippen LogP contribution in [-0.4, -0.2) is 16.5 Å². The lowest BCUT2D eigenvalue weighted by Gasteiger charge is -2.14. The summed E-state index contributed by atoms with van der Waals surface area (Å²) < 4.78 is 13.5. The second-order valence-corrected chi connectivity index (χ2v) is 4.99. The molecular formula is C16H21FN4. The second kappa shape index (κ2) is 6.52. The summed E-state index contributed by atoms with van der Waals surface area (Å²) in [6.07, 6.45) is 0.746. The van der Waals surface area contributed by atoms with Crippen molar-refractivity contribution in [2.45, 2.75) is 34.1 Å². The summed E-state index contributed by atoms with van der Waals surface area (Å²) in [5, 5.41) is 6.43. The lowest BCUT2D eigenvalue weighted by Crippen LogP contribution is -2.09. The van der Waals surface area contributed by atoms with Crippen LogP contribution in [0.3, 0.4) is 0 Å². The highest BCUT2D eigenvalue weighted by molar-refractivity contribution is 5.65. The van der Waals surface area contributed by atoms with Gasteiger partial charge in [-0.1, -0.05) is 6.92 Å². The Hall–Kier alpha value is -2.17. The van der Waals surface area contributed by atoms with Crippen LogP contribution in [0.2, 0.25) is 0 Å². The van der Waals surface area contributed by atoms with Crippen molar-refractivity contribution in [3.63, 3.8) is 0 Å². The van der Waals surface area contributed by atoms with Gasteiger partial charge in [-0.2, -0.15) is 0 Å². The van der Waals surface area contributed by atoms with Crippen molar-refractivity contribution in [1.29, 1.82) is 0 Å².